The summed E-state index contributed by atoms with van der Waals surface area (Å²) in [4.78, 5) is 43.3. The molecule has 2 aromatic heterocycles. The van der Waals surface area contributed by atoms with E-state index in [1.807, 2.05) is 38.1 Å². The van der Waals surface area contributed by atoms with Gasteiger partial charge in [0.2, 0.25) is 5.91 Å². The molecule has 0 saturated heterocycles. The Morgan fingerprint density at radius 3 is 2.68 bits per heavy atom. The molecule has 3 heterocycles. The number of nitrogens with one attached hydrogen (secondary N) is 3. The summed E-state index contributed by atoms with van der Waals surface area (Å²) in [6.07, 6.45) is 3.59. The van der Waals surface area contributed by atoms with E-state index in [0.717, 1.165) is 23.8 Å². The SMILES string of the molecule is C=CC(=O)Nc1cc(Cn2nc(C(=O)Nc3cccc(CC)c3)c3c2C(C)CN(C(=O)c2ccc[nH]2)C3)ccc1F. The zero-order valence-corrected chi connectivity index (χ0v) is 22.9. The van der Waals surface area contributed by atoms with Crippen LogP contribution in [0.2, 0.25) is 0 Å². The number of hydrogen-bond acceptors (Lipinski definition) is 4. The fourth-order valence-corrected chi connectivity index (χ4v) is 5.17. The molecule has 1 aliphatic rings. The second-order valence-corrected chi connectivity index (χ2v) is 10.1. The lowest BCUT2D eigenvalue weighted by molar-refractivity contribution is -0.111. The Morgan fingerprint density at radius 2 is 1.95 bits per heavy atom. The molecule has 210 valence electrons. The first-order valence-electron chi connectivity index (χ1n) is 13.4. The van der Waals surface area contributed by atoms with E-state index in [1.54, 1.807) is 34.0 Å². The number of hydrogen-bond donors (Lipinski definition) is 3. The Kier molecular flexibility index (Phi) is 7.82. The summed E-state index contributed by atoms with van der Waals surface area (Å²) in [5, 5.41) is 10.2. The molecule has 3 amide bonds. The van der Waals surface area contributed by atoms with Gasteiger partial charge in [-0.3, -0.25) is 19.1 Å². The molecule has 41 heavy (non-hydrogen) atoms. The molecule has 0 bridgehead atoms. The highest BCUT2D eigenvalue weighted by atomic mass is 19.1. The van der Waals surface area contributed by atoms with Gasteiger partial charge in [0.1, 0.15) is 11.5 Å². The molecule has 0 radical (unpaired) electrons. The van der Waals surface area contributed by atoms with Crippen molar-refractivity contribution in [1.82, 2.24) is 19.7 Å². The zero-order chi connectivity index (χ0) is 29.1. The van der Waals surface area contributed by atoms with Crippen LogP contribution in [0.3, 0.4) is 0 Å². The van der Waals surface area contributed by atoms with Crippen LogP contribution in [0.4, 0.5) is 15.8 Å². The second kappa shape index (κ2) is 11.6. The molecular formula is C31H31FN6O3. The predicted molar refractivity (Wildman–Crippen MR) is 154 cm³/mol. The number of halogens is 1. The summed E-state index contributed by atoms with van der Waals surface area (Å²) in [5.41, 5.74) is 4.62. The fourth-order valence-electron chi connectivity index (χ4n) is 5.17. The first-order chi connectivity index (χ1) is 19.8. The molecular weight excluding hydrogens is 523 g/mol. The maximum absolute atomic E-state index is 14.4. The first kappa shape index (κ1) is 27.6. The number of H-pyrrole nitrogens is 1. The number of rotatable bonds is 8. The molecule has 1 atom stereocenters. The number of amides is 3. The topological polar surface area (TPSA) is 112 Å². The van der Waals surface area contributed by atoms with Gasteiger partial charge in [0.25, 0.3) is 11.8 Å². The van der Waals surface area contributed by atoms with Crippen LogP contribution in [0, 0.1) is 5.82 Å². The van der Waals surface area contributed by atoms with Gasteiger partial charge >= 0.3 is 0 Å². The maximum Gasteiger partial charge on any atom is 0.276 e. The van der Waals surface area contributed by atoms with Crippen LogP contribution in [0.1, 0.15) is 63.1 Å². The summed E-state index contributed by atoms with van der Waals surface area (Å²) in [6.45, 7) is 8.30. The van der Waals surface area contributed by atoms with E-state index in [2.05, 4.69) is 22.2 Å². The van der Waals surface area contributed by atoms with Crippen molar-refractivity contribution in [1.29, 1.82) is 0 Å². The number of aryl methyl sites for hydroxylation is 1. The van der Waals surface area contributed by atoms with Crippen LogP contribution in [0.15, 0.2) is 73.4 Å². The van der Waals surface area contributed by atoms with E-state index in [0.29, 0.717) is 29.1 Å². The number of fused-ring (bicyclic) bond motifs is 1. The van der Waals surface area contributed by atoms with Gasteiger partial charge in [-0.15, -0.1) is 0 Å². The van der Waals surface area contributed by atoms with E-state index in [1.165, 1.54) is 12.1 Å². The van der Waals surface area contributed by atoms with Gasteiger partial charge < -0.3 is 20.5 Å². The Morgan fingerprint density at radius 1 is 1.12 bits per heavy atom. The van der Waals surface area contributed by atoms with Crippen molar-refractivity contribution in [2.45, 2.75) is 39.3 Å². The van der Waals surface area contributed by atoms with E-state index in [9.17, 15) is 18.8 Å². The summed E-state index contributed by atoms with van der Waals surface area (Å²) in [7, 11) is 0. The highest BCUT2D eigenvalue weighted by molar-refractivity contribution is 6.04. The Hall–Kier alpha value is -4.99. The third-order valence-corrected chi connectivity index (χ3v) is 7.13. The van der Waals surface area contributed by atoms with Crippen LogP contribution >= 0.6 is 0 Å². The molecule has 9 nitrogen and oxygen atoms in total. The number of aromatic nitrogens is 3. The summed E-state index contributed by atoms with van der Waals surface area (Å²) in [6, 6.07) is 15.5. The molecule has 3 N–H and O–H groups in total. The second-order valence-electron chi connectivity index (χ2n) is 10.1. The Balaban J connectivity index is 1.51. The van der Waals surface area contributed by atoms with Crippen LogP contribution < -0.4 is 10.6 Å². The largest absolute Gasteiger partial charge is 0.357 e. The average Bonchev–Trinajstić information content (AvgIpc) is 3.63. The van der Waals surface area contributed by atoms with Gasteiger partial charge in [-0.05, 0) is 60.0 Å². The number of aromatic amines is 1. The maximum atomic E-state index is 14.4. The van der Waals surface area contributed by atoms with Gasteiger partial charge in [0, 0.05) is 35.6 Å². The highest BCUT2D eigenvalue weighted by Gasteiger charge is 2.34. The third kappa shape index (κ3) is 5.81. The van der Waals surface area contributed by atoms with Crippen LogP contribution in [-0.4, -0.2) is 43.9 Å². The van der Waals surface area contributed by atoms with Gasteiger partial charge in [0.05, 0.1) is 18.8 Å². The summed E-state index contributed by atoms with van der Waals surface area (Å²) >= 11 is 0. The number of nitrogens with zero attached hydrogens (tertiary/aromatic N) is 3. The first-order valence-corrected chi connectivity index (χ1v) is 13.4. The molecule has 0 aliphatic carbocycles. The third-order valence-electron chi connectivity index (χ3n) is 7.13. The molecule has 5 rings (SSSR count). The van der Waals surface area contributed by atoms with Crippen molar-refractivity contribution in [2.24, 2.45) is 0 Å². The lowest BCUT2D eigenvalue weighted by Gasteiger charge is -2.32. The Labute approximate surface area is 237 Å². The molecule has 4 aromatic rings. The smallest absolute Gasteiger partial charge is 0.276 e. The summed E-state index contributed by atoms with van der Waals surface area (Å²) < 4.78 is 16.1. The van der Waals surface area contributed by atoms with E-state index < -0.39 is 11.7 Å². The van der Waals surface area contributed by atoms with Crippen molar-refractivity contribution >= 4 is 29.1 Å². The van der Waals surface area contributed by atoms with Crippen molar-refractivity contribution < 1.29 is 18.8 Å². The molecule has 10 heteroatoms. The lowest BCUT2D eigenvalue weighted by Crippen LogP contribution is -2.38. The predicted octanol–water partition coefficient (Wildman–Crippen LogP) is 5.10. The standard InChI is InChI=1S/C31H31FN6O3/c1-4-20-8-6-9-22(14-20)34-30(40)28-23-18-37(31(41)25-10-7-13-33-25)16-19(3)29(23)38(36-28)17-21-11-12-24(32)26(15-21)35-27(39)5-2/h5-15,19,33H,2,4,16-18H2,1,3H3,(H,34,40)(H,35,39). The van der Waals surface area contributed by atoms with Gasteiger partial charge in [-0.25, -0.2) is 4.39 Å². The van der Waals surface area contributed by atoms with Crippen molar-refractivity contribution in [3.8, 4) is 0 Å². The Bertz CT molecular complexity index is 1620. The number of benzene rings is 2. The molecule has 2 aromatic carbocycles. The van der Waals surface area contributed by atoms with Gasteiger partial charge in [0.15, 0.2) is 5.69 Å². The zero-order valence-electron chi connectivity index (χ0n) is 22.9. The van der Waals surface area contributed by atoms with Gasteiger partial charge in [-0.2, -0.15) is 5.10 Å². The van der Waals surface area contributed by atoms with E-state index in [4.69, 9.17) is 5.10 Å². The van der Waals surface area contributed by atoms with Crippen molar-refractivity contribution in [2.75, 3.05) is 17.2 Å². The van der Waals surface area contributed by atoms with Crippen molar-refractivity contribution in [3.05, 3.63) is 113 Å². The highest BCUT2D eigenvalue weighted by Crippen LogP contribution is 2.32. The summed E-state index contributed by atoms with van der Waals surface area (Å²) in [5.74, 6) is -1.79. The molecule has 1 aliphatic heterocycles. The van der Waals surface area contributed by atoms with Crippen molar-refractivity contribution in [3.63, 3.8) is 0 Å². The molecule has 0 fully saturated rings. The minimum atomic E-state index is -0.576. The number of carbonyl (C=O) groups is 3. The van der Waals surface area contributed by atoms with Gasteiger partial charge in [-0.1, -0.05) is 38.6 Å². The minimum absolute atomic E-state index is 0.0259. The van der Waals surface area contributed by atoms with E-state index in [-0.39, 0.29) is 42.2 Å². The molecule has 0 saturated carbocycles. The minimum Gasteiger partial charge on any atom is -0.357 e. The number of carbonyl (C=O) groups excluding carboxylic acids is 3. The fraction of sp³-hybridized carbons (Fsp3) is 0.226. The lowest BCUT2D eigenvalue weighted by atomic mass is 9.95. The monoisotopic (exact) mass is 554 g/mol. The number of anilines is 2. The average molecular weight is 555 g/mol. The quantitative estimate of drug-likeness (QED) is 0.263. The molecule has 0 spiro atoms. The van der Waals surface area contributed by atoms with E-state index >= 15 is 0 Å². The van der Waals surface area contributed by atoms with Crippen LogP contribution in [0.5, 0.6) is 0 Å². The molecule has 1 unspecified atom stereocenters. The van der Waals surface area contributed by atoms with Crippen LogP contribution in [0.25, 0.3) is 0 Å². The van der Waals surface area contributed by atoms with Crippen LogP contribution in [-0.2, 0) is 24.3 Å². The normalized spacial score (nSPS) is 14.3.